The molecule has 4 unspecified atom stereocenters. The van der Waals surface area contributed by atoms with E-state index in [9.17, 15) is 0 Å². The number of benzene rings is 1. The van der Waals surface area contributed by atoms with Crippen molar-refractivity contribution < 1.29 is 0 Å². The monoisotopic (exact) mass is 265 g/mol. The van der Waals surface area contributed by atoms with Crippen LogP contribution in [0.1, 0.15) is 50.3 Å². The van der Waals surface area contributed by atoms with Gasteiger partial charge in [-0.15, -0.1) is 0 Å². The summed E-state index contributed by atoms with van der Waals surface area (Å²) in [5.74, 6) is 2.23. The third-order valence-electron chi connectivity index (χ3n) is 4.60. The summed E-state index contributed by atoms with van der Waals surface area (Å²) >= 11 is 6.13. The fourth-order valence-electron chi connectivity index (χ4n) is 3.14. The lowest BCUT2D eigenvalue weighted by molar-refractivity contribution is 0.186. The van der Waals surface area contributed by atoms with Crippen molar-refractivity contribution in [3.05, 3.63) is 34.3 Å². The first-order valence-electron chi connectivity index (χ1n) is 7.00. The van der Waals surface area contributed by atoms with E-state index in [2.05, 4.69) is 26.8 Å². The Balaban J connectivity index is 2.13. The zero-order valence-electron chi connectivity index (χ0n) is 11.6. The lowest BCUT2D eigenvalue weighted by Gasteiger charge is -2.35. The minimum absolute atomic E-state index is 0.136. The number of nitrogens with two attached hydrogens (primary N) is 1. The van der Waals surface area contributed by atoms with Crippen LogP contribution in [0.25, 0.3) is 0 Å². The topological polar surface area (TPSA) is 26.0 Å². The van der Waals surface area contributed by atoms with Gasteiger partial charge in [-0.2, -0.15) is 0 Å². The van der Waals surface area contributed by atoms with Gasteiger partial charge in [0, 0.05) is 11.1 Å². The molecule has 1 saturated carbocycles. The van der Waals surface area contributed by atoms with Gasteiger partial charge in [-0.1, -0.05) is 37.9 Å². The number of aryl methyl sites for hydroxylation is 1. The number of hydrogen-bond donors (Lipinski definition) is 1. The molecule has 0 bridgehead atoms. The van der Waals surface area contributed by atoms with Crippen LogP contribution in [-0.4, -0.2) is 0 Å². The molecular formula is C16H24ClN. The highest BCUT2D eigenvalue weighted by atomic mass is 35.5. The van der Waals surface area contributed by atoms with E-state index in [4.69, 9.17) is 17.3 Å². The third kappa shape index (κ3) is 3.07. The highest BCUT2D eigenvalue weighted by Crippen LogP contribution is 2.39. The summed E-state index contributed by atoms with van der Waals surface area (Å²) in [6, 6.07) is 6.34. The molecule has 100 valence electrons. The van der Waals surface area contributed by atoms with Crippen LogP contribution in [-0.2, 0) is 0 Å². The first-order chi connectivity index (χ1) is 8.47. The number of hydrogen-bond acceptors (Lipinski definition) is 1. The van der Waals surface area contributed by atoms with Gasteiger partial charge in [-0.3, -0.25) is 0 Å². The lowest BCUT2D eigenvalue weighted by atomic mass is 9.72. The standard InChI is InChI=1S/C16H24ClN/c1-10-6-14(9-15(17)7-10)16(18)13-5-4-11(2)12(3)8-13/h6-7,9,11-13,16H,4-5,8,18H2,1-3H3. The molecule has 2 heteroatoms. The van der Waals surface area contributed by atoms with Crippen LogP contribution in [0.3, 0.4) is 0 Å². The smallest absolute Gasteiger partial charge is 0.0411 e. The summed E-state index contributed by atoms with van der Waals surface area (Å²) < 4.78 is 0. The molecule has 0 heterocycles. The average Bonchev–Trinajstić information content (AvgIpc) is 2.30. The molecule has 0 aliphatic heterocycles. The number of halogens is 1. The van der Waals surface area contributed by atoms with Crippen LogP contribution in [0.5, 0.6) is 0 Å². The molecule has 1 nitrogen and oxygen atoms in total. The minimum Gasteiger partial charge on any atom is -0.324 e. The Bertz CT molecular complexity index is 395. The molecule has 2 rings (SSSR count). The Morgan fingerprint density at radius 1 is 1.17 bits per heavy atom. The third-order valence-corrected chi connectivity index (χ3v) is 4.81. The van der Waals surface area contributed by atoms with E-state index < -0.39 is 0 Å². The molecule has 1 aliphatic rings. The van der Waals surface area contributed by atoms with Crippen LogP contribution in [0, 0.1) is 24.7 Å². The Kier molecular flexibility index (Phi) is 4.34. The summed E-state index contributed by atoms with van der Waals surface area (Å²) in [6.45, 7) is 6.79. The van der Waals surface area contributed by atoms with Gasteiger partial charge < -0.3 is 5.73 Å². The van der Waals surface area contributed by atoms with E-state index in [1.165, 1.54) is 30.4 Å². The molecule has 4 atom stereocenters. The maximum absolute atomic E-state index is 6.46. The average molecular weight is 266 g/mol. The Morgan fingerprint density at radius 2 is 1.89 bits per heavy atom. The van der Waals surface area contributed by atoms with Gasteiger partial charge in [0.25, 0.3) is 0 Å². The summed E-state index contributed by atoms with van der Waals surface area (Å²) in [7, 11) is 0. The molecular weight excluding hydrogens is 242 g/mol. The fraction of sp³-hybridized carbons (Fsp3) is 0.625. The van der Waals surface area contributed by atoms with Crippen molar-refractivity contribution in [2.75, 3.05) is 0 Å². The van der Waals surface area contributed by atoms with Gasteiger partial charge >= 0.3 is 0 Å². The van der Waals surface area contributed by atoms with Gasteiger partial charge in [0.15, 0.2) is 0 Å². The Labute approximate surface area is 116 Å². The van der Waals surface area contributed by atoms with E-state index in [0.29, 0.717) is 5.92 Å². The van der Waals surface area contributed by atoms with Crippen LogP contribution in [0.2, 0.25) is 5.02 Å². The van der Waals surface area contributed by atoms with Crippen LogP contribution in [0.15, 0.2) is 18.2 Å². The SMILES string of the molecule is Cc1cc(Cl)cc(C(N)C2CCC(C)C(C)C2)c1. The summed E-state index contributed by atoms with van der Waals surface area (Å²) in [4.78, 5) is 0. The largest absolute Gasteiger partial charge is 0.324 e. The molecule has 2 N–H and O–H groups in total. The molecule has 1 aromatic carbocycles. The highest BCUT2D eigenvalue weighted by molar-refractivity contribution is 6.30. The first-order valence-corrected chi connectivity index (χ1v) is 7.38. The van der Waals surface area contributed by atoms with E-state index in [1.807, 2.05) is 12.1 Å². The van der Waals surface area contributed by atoms with E-state index in [0.717, 1.165) is 16.9 Å². The van der Waals surface area contributed by atoms with Gasteiger partial charge in [0.2, 0.25) is 0 Å². The molecule has 1 aliphatic carbocycles. The number of rotatable bonds is 2. The predicted molar refractivity (Wildman–Crippen MR) is 78.8 cm³/mol. The van der Waals surface area contributed by atoms with Crippen molar-refractivity contribution in [1.29, 1.82) is 0 Å². The maximum Gasteiger partial charge on any atom is 0.0411 e. The zero-order chi connectivity index (χ0) is 13.3. The van der Waals surface area contributed by atoms with Gasteiger partial charge in [-0.05, 0) is 60.8 Å². The van der Waals surface area contributed by atoms with Crippen LogP contribution in [0.4, 0.5) is 0 Å². The molecule has 18 heavy (non-hydrogen) atoms. The molecule has 0 radical (unpaired) electrons. The normalized spacial score (nSPS) is 30.2. The second-order valence-electron chi connectivity index (χ2n) is 6.12. The predicted octanol–water partition coefficient (Wildman–Crippen LogP) is 4.72. The van der Waals surface area contributed by atoms with Crippen molar-refractivity contribution >= 4 is 11.6 Å². The molecule has 0 spiro atoms. The molecule has 0 saturated heterocycles. The van der Waals surface area contributed by atoms with Crippen molar-refractivity contribution in [3.8, 4) is 0 Å². The van der Waals surface area contributed by atoms with Gasteiger partial charge in [0.1, 0.15) is 0 Å². The van der Waals surface area contributed by atoms with Gasteiger partial charge in [0.05, 0.1) is 0 Å². The summed E-state index contributed by atoms with van der Waals surface area (Å²) in [6.07, 6.45) is 3.80. The van der Waals surface area contributed by atoms with E-state index >= 15 is 0 Å². The first kappa shape index (κ1) is 13.9. The van der Waals surface area contributed by atoms with Crippen LogP contribution >= 0.6 is 11.6 Å². The minimum atomic E-state index is 0.136. The summed E-state index contributed by atoms with van der Waals surface area (Å²) in [5.41, 5.74) is 8.86. The molecule has 0 aromatic heterocycles. The Morgan fingerprint density at radius 3 is 2.50 bits per heavy atom. The van der Waals surface area contributed by atoms with Crippen molar-refractivity contribution in [3.63, 3.8) is 0 Å². The molecule has 1 fully saturated rings. The highest BCUT2D eigenvalue weighted by Gasteiger charge is 2.29. The second-order valence-corrected chi connectivity index (χ2v) is 6.55. The zero-order valence-corrected chi connectivity index (χ0v) is 12.4. The maximum atomic E-state index is 6.46. The molecule has 1 aromatic rings. The van der Waals surface area contributed by atoms with E-state index in [-0.39, 0.29) is 6.04 Å². The lowest BCUT2D eigenvalue weighted by Crippen LogP contribution is -2.29. The quantitative estimate of drug-likeness (QED) is 0.823. The van der Waals surface area contributed by atoms with Crippen LogP contribution < -0.4 is 5.73 Å². The van der Waals surface area contributed by atoms with Crippen molar-refractivity contribution in [2.24, 2.45) is 23.5 Å². The second kappa shape index (κ2) is 5.63. The summed E-state index contributed by atoms with van der Waals surface area (Å²) in [5, 5.41) is 0.803. The van der Waals surface area contributed by atoms with Crippen molar-refractivity contribution in [1.82, 2.24) is 0 Å². The van der Waals surface area contributed by atoms with E-state index in [1.54, 1.807) is 0 Å². The fourth-order valence-corrected chi connectivity index (χ4v) is 3.44. The van der Waals surface area contributed by atoms with Crippen molar-refractivity contribution in [2.45, 2.75) is 46.1 Å². The Hall–Kier alpha value is -0.530. The molecule has 0 amide bonds. The van der Waals surface area contributed by atoms with Gasteiger partial charge in [-0.25, -0.2) is 0 Å².